The van der Waals surface area contributed by atoms with E-state index >= 15 is 0 Å². The molecule has 0 aliphatic heterocycles. The molecule has 4 aromatic heterocycles. The van der Waals surface area contributed by atoms with Crippen molar-refractivity contribution in [2.24, 2.45) is 11.8 Å². The summed E-state index contributed by atoms with van der Waals surface area (Å²) in [6.45, 7) is 5.21. The smallest absolute Gasteiger partial charge is 0.0942 e. The number of hydrogen-bond donors (Lipinski definition) is 0. The van der Waals surface area contributed by atoms with Crippen LogP contribution in [0.1, 0.15) is 56.5 Å². The molecule has 2 fully saturated rings. The second-order valence-electron chi connectivity index (χ2n) is 9.17. The summed E-state index contributed by atoms with van der Waals surface area (Å²) in [5.41, 5.74) is 6.75. The topological polar surface area (TPSA) is 48.5 Å². The van der Waals surface area contributed by atoms with Gasteiger partial charge in [-0.15, -0.1) is 0 Å². The molecule has 0 aromatic carbocycles. The van der Waals surface area contributed by atoms with Crippen LogP contribution in [-0.2, 0) is 6.54 Å². The largest absolute Gasteiger partial charge is 0.340 e. The second-order valence-corrected chi connectivity index (χ2v) is 9.17. The van der Waals surface area contributed by atoms with Crippen molar-refractivity contribution in [2.45, 2.75) is 51.6 Å². The summed E-state index contributed by atoms with van der Waals surface area (Å²) in [6, 6.07) is 13.1. The summed E-state index contributed by atoms with van der Waals surface area (Å²) in [7, 11) is 0. The van der Waals surface area contributed by atoms with E-state index in [0.29, 0.717) is 12.0 Å². The molecule has 2 aliphatic rings. The van der Waals surface area contributed by atoms with Gasteiger partial charge in [0.1, 0.15) is 0 Å². The molecule has 30 heavy (non-hydrogen) atoms. The molecule has 3 atom stereocenters. The lowest BCUT2D eigenvalue weighted by Gasteiger charge is -2.11. The lowest BCUT2D eigenvalue weighted by atomic mass is 10.1. The van der Waals surface area contributed by atoms with Crippen LogP contribution < -0.4 is 0 Å². The summed E-state index contributed by atoms with van der Waals surface area (Å²) >= 11 is 0. The lowest BCUT2D eigenvalue weighted by Crippen LogP contribution is -2.08. The van der Waals surface area contributed by atoms with Crippen molar-refractivity contribution in [1.82, 2.24) is 24.3 Å². The van der Waals surface area contributed by atoms with Crippen molar-refractivity contribution in [3.8, 4) is 11.3 Å². The highest BCUT2D eigenvalue weighted by atomic mass is 15.3. The zero-order chi connectivity index (χ0) is 20.2. The molecule has 0 N–H and O–H groups in total. The number of nitrogens with zero attached hydrogens (tertiary/aromatic N) is 5. The molecule has 4 aromatic rings. The first kappa shape index (κ1) is 17.9. The van der Waals surface area contributed by atoms with Gasteiger partial charge < -0.3 is 4.57 Å². The van der Waals surface area contributed by atoms with E-state index in [1.165, 1.54) is 25.0 Å². The normalized spacial score (nSPS) is 22.7. The first-order chi connectivity index (χ1) is 14.7. The van der Waals surface area contributed by atoms with E-state index in [2.05, 4.69) is 58.5 Å². The molecular formula is C25H27N5. The van der Waals surface area contributed by atoms with Crippen molar-refractivity contribution in [3.63, 3.8) is 0 Å². The van der Waals surface area contributed by atoms with Gasteiger partial charge in [0.25, 0.3) is 0 Å². The molecule has 0 radical (unpaired) electrons. The van der Waals surface area contributed by atoms with E-state index < -0.39 is 0 Å². The Balaban J connectivity index is 1.37. The van der Waals surface area contributed by atoms with Gasteiger partial charge in [-0.05, 0) is 68.9 Å². The van der Waals surface area contributed by atoms with E-state index in [0.717, 1.165) is 46.4 Å². The molecular weight excluding hydrogens is 370 g/mol. The molecule has 5 nitrogen and oxygen atoms in total. The maximum absolute atomic E-state index is 5.03. The third kappa shape index (κ3) is 2.87. The van der Waals surface area contributed by atoms with Gasteiger partial charge in [0, 0.05) is 41.8 Å². The number of hydrogen-bond acceptors (Lipinski definition) is 3. The molecule has 0 saturated heterocycles. The van der Waals surface area contributed by atoms with Crippen LogP contribution in [0.4, 0.5) is 0 Å². The molecule has 2 aliphatic carbocycles. The Kier molecular flexibility index (Phi) is 4.05. The Bertz CT molecular complexity index is 1190. The number of aromatic nitrogens is 5. The SMILES string of the molecule is CC(C)n1nc(-c2cnc3ccn(Cc4ccccn4)c3c2)cc1[C@H]1[C@@H]2CCC[C@@H]21. The van der Waals surface area contributed by atoms with Crippen LogP contribution in [0.2, 0.25) is 0 Å². The monoisotopic (exact) mass is 397 g/mol. The van der Waals surface area contributed by atoms with Gasteiger partial charge in [-0.3, -0.25) is 14.6 Å². The van der Waals surface area contributed by atoms with Crippen LogP contribution in [0.3, 0.4) is 0 Å². The van der Waals surface area contributed by atoms with Gasteiger partial charge in [0.2, 0.25) is 0 Å². The van der Waals surface area contributed by atoms with Crippen LogP contribution in [0.15, 0.2) is 55.0 Å². The molecule has 0 bridgehead atoms. The van der Waals surface area contributed by atoms with Crippen molar-refractivity contribution >= 4 is 11.0 Å². The molecule has 2 saturated carbocycles. The highest BCUT2D eigenvalue weighted by Crippen LogP contribution is 2.63. The highest BCUT2D eigenvalue weighted by molar-refractivity contribution is 5.80. The maximum Gasteiger partial charge on any atom is 0.0942 e. The molecule has 0 unspecified atom stereocenters. The summed E-state index contributed by atoms with van der Waals surface area (Å²) in [5.74, 6) is 2.50. The predicted molar refractivity (Wildman–Crippen MR) is 118 cm³/mol. The van der Waals surface area contributed by atoms with E-state index in [-0.39, 0.29) is 0 Å². The first-order valence-electron chi connectivity index (χ1n) is 11.1. The summed E-state index contributed by atoms with van der Waals surface area (Å²) < 4.78 is 4.48. The van der Waals surface area contributed by atoms with Gasteiger partial charge in [0.05, 0.1) is 29.0 Å². The van der Waals surface area contributed by atoms with Gasteiger partial charge in [0.15, 0.2) is 0 Å². The van der Waals surface area contributed by atoms with E-state index in [4.69, 9.17) is 10.1 Å². The highest BCUT2D eigenvalue weighted by Gasteiger charge is 2.54. The Morgan fingerprint density at radius 3 is 2.70 bits per heavy atom. The third-order valence-electron chi connectivity index (χ3n) is 6.98. The molecule has 152 valence electrons. The zero-order valence-electron chi connectivity index (χ0n) is 17.6. The minimum atomic E-state index is 0.375. The maximum atomic E-state index is 5.03. The average Bonchev–Trinajstić information content (AvgIpc) is 3.21. The second kappa shape index (κ2) is 6.79. The van der Waals surface area contributed by atoms with Gasteiger partial charge in [-0.1, -0.05) is 12.5 Å². The van der Waals surface area contributed by atoms with Crippen LogP contribution >= 0.6 is 0 Å². The quantitative estimate of drug-likeness (QED) is 0.451. The zero-order valence-corrected chi connectivity index (χ0v) is 17.6. The van der Waals surface area contributed by atoms with Crippen molar-refractivity contribution in [1.29, 1.82) is 0 Å². The van der Waals surface area contributed by atoms with Gasteiger partial charge >= 0.3 is 0 Å². The minimum Gasteiger partial charge on any atom is -0.340 e. The first-order valence-corrected chi connectivity index (χ1v) is 11.1. The molecule has 6 rings (SSSR count). The predicted octanol–water partition coefficient (Wildman–Crippen LogP) is 5.44. The standard InChI is InChI=1S/C25H27N5/c1-16(2)30-24(25-19-7-5-8-20(19)25)13-22(28-30)17-12-23-21(27-14-17)9-11-29(23)15-18-6-3-4-10-26-18/h3-4,6,9-14,16,19-20,25H,5,7-8,15H2,1-2H3/t19-,20+,25+. The van der Waals surface area contributed by atoms with E-state index in [1.54, 1.807) is 0 Å². The third-order valence-corrected chi connectivity index (χ3v) is 6.98. The van der Waals surface area contributed by atoms with Gasteiger partial charge in [-0.25, -0.2) is 0 Å². The summed E-state index contributed by atoms with van der Waals surface area (Å²) in [5, 5.41) is 5.03. The van der Waals surface area contributed by atoms with Crippen molar-refractivity contribution in [2.75, 3.05) is 0 Å². The molecule has 0 amide bonds. The van der Waals surface area contributed by atoms with Crippen LogP contribution in [-0.4, -0.2) is 24.3 Å². The molecule has 5 heteroatoms. The summed E-state index contributed by atoms with van der Waals surface area (Å²) in [6.07, 6.45) is 10.1. The fourth-order valence-electron chi connectivity index (χ4n) is 5.48. The number of fused-ring (bicyclic) bond motifs is 2. The Morgan fingerprint density at radius 2 is 1.93 bits per heavy atom. The van der Waals surface area contributed by atoms with Crippen LogP contribution in [0.25, 0.3) is 22.3 Å². The molecule has 0 spiro atoms. The number of rotatable bonds is 5. The lowest BCUT2D eigenvalue weighted by molar-refractivity contribution is 0.497. The van der Waals surface area contributed by atoms with Gasteiger partial charge in [-0.2, -0.15) is 5.10 Å². The Morgan fingerprint density at radius 1 is 1.07 bits per heavy atom. The number of pyridine rings is 2. The minimum absolute atomic E-state index is 0.375. The average molecular weight is 398 g/mol. The van der Waals surface area contributed by atoms with Crippen LogP contribution in [0, 0.1) is 11.8 Å². The van der Waals surface area contributed by atoms with Crippen molar-refractivity contribution in [3.05, 3.63) is 66.4 Å². The Labute approximate surface area is 176 Å². The Hall–Kier alpha value is -2.95. The van der Waals surface area contributed by atoms with E-state index in [9.17, 15) is 0 Å². The fraction of sp³-hybridized carbons (Fsp3) is 0.400. The fourth-order valence-corrected chi connectivity index (χ4v) is 5.48. The van der Waals surface area contributed by atoms with E-state index in [1.807, 2.05) is 24.5 Å². The van der Waals surface area contributed by atoms with Crippen molar-refractivity contribution < 1.29 is 0 Å². The van der Waals surface area contributed by atoms with Crippen LogP contribution in [0.5, 0.6) is 0 Å². The molecule has 4 heterocycles. The summed E-state index contributed by atoms with van der Waals surface area (Å²) in [4.78, 5) is 9.20.